The number of hydrogen-bond acceptors (Lipinski definition) is 3. The molecule has 1 fully saturated rings. The highest BCUT2D eigenvalue weighted by atomic mass is 16.5. The summed E-state index contributed by atoms with van der Waals surface area (Å²) in [5, 5.41) is 3.36. The van der Waals surface area contributed by atoms with Gasteiger partial charge in [0.25, 0.3) is 0 Å². The van der Waals surface area contributed by atoms with Crippen LogP contribution >= 0.6 is 0 Å². The first-order valence-corrected chi connectivity index (χ1v) is 7.59. The van der Waals surface area contributed by atoms with E-state index in [9.17, 15) is 0 Å². The van der Waals surface area contributed by atoms with Crippen LogP contribution < -0.4 is 5.32 Å². The van der Waals surface area contributed by atoms with Crippen molar-refractivity contribution in [3.05, 3.63) is 35.9 Å². The molecule has 0 amide bonds. The highest BCUT2D eigenvalue weighted by Gasteiger charge is 2.33. The van der Waals surface area contributed by atoms with E-state index in [4.69, 9.17) is 4.74 Å². The molecule has 0 aromatic heterocycles. The van der Waals surface area contributed by atoms with Crippen LogP contribution in [-0.4, -0.2) is 50.8 Å². The molecule has 3 nitrogen and oxygen atoms in total. The Labute approximate surface area is 123 Å². The highest BCUT2D eigenvalue weighted by molar-refractivity contribution is 5.25. The maximum absolute atomic E-state index is 5.71. The average Bonchev–Trinajstić information content (AvgIpc) is 2.86. The van der Waals surface area contributed by atoms with Gasteiger partial charge in [-0.3, -0.25) is 4.90 Å². The van der Waals surface area contributed by atoms with Crippen molar-refractivity contribution in [2.45, 2.75) is 37.8 Å². The van der Waals surface area contributed by atoms with E-state index in [-0.39, 0.29) is 5.41 Å². The second-order valence-electron chi connectivity index (χ2n) is 6.30. The predicted molar refractivity (Wildman–Crippen MR) is 84.2 cm³/mol. The number of nitrogens with one attached hydrogen (secondary N) is 1. The van der Waals surface area contributed by atoms with Crippen molar-refractivity contribution in [1.29, 1.82) is 0 Å². The third kappa shape index (κ3) is 3.40. The summed E-state index contributed by atoms with van der Waals surface area (Å²) in [6.45, 7) is 7.44. The molecule has 1 aliphatic heterocycles. The largest absolute Gasteiger partial charge is 0.377 e. The van der Waals surface area contributed by atoms with E-state index in [1.807, 2.05) is 7.05 Å². The van der Waals surface area contributed by atoms with Crippen molar-refractivity contribution >= 4 is 0 Å². The molecule has 1 aliphatic rings. The molecular weight excluding hydrogens is 248 g/mol. The minimum absolute atomic E-state index is 0.118. The van der Waals surface area contributed by atoms with Crippen LogP contribution in [0.5, 0.6) is 0 Å². The molecule has 0 bridgehead atoms. The molecule has 0 spiro atoms. The summed E-state index contributed by atoms with van der Waals surface area (Å²) in [6.07, 6.45) is 1.48. The Hall–Kier alpha value is -0.900. The molecule has 0 saturated carbocycles. The van der Waals surface area contributed by atoms with E-state index in [1.54, 1.807) is 0 Å². The Morgan fingerprint density at radius 2 is 2.05 bits per heavy atom. The molecule has 20 heavy (non-hydrogen) atoms. The van der Waals surface area contributed by atoms with Crippen molar-refractivity contribution in [2.24, 2.45) is 0 Å². The second kappa shape index (κ2) is 6.70. The Kier molecular flexibility index (Phi) is 5.19. The summed E-state index contributed by atoms with van der Waals surface area (Å²) in [5.74, 6) is 0. The predicted octanol–water partition coefficient (Wildman–Crippen LogP) is 2.27. The van der Waals surface area contributed by atoms with Crippen LogP contribution in [0.4, 0.5) is 0 Å². The number of nitrogens with zero attached hydrogens (tertiary/aromatic N) is 1. The minimum Gasteiger partial charge on any atom is -0.377 e. The van der Waals surface area contributed by atoms with E-state index in [0.717, 1.165) is 26.1 Å². The number of benzene rings is 1. The third-order valence-corrected chi connectivity index (χ3v) is 4.54. The molecule has 3 unspecified atom stereocenters. The van der Waals surface area contributed by atoms with Crippen LogP contribution in [0.15, 0.2) is 30.3 Å². The van der Waals surface area contributed by atoms with Crippen molar-refractivity contribution in [1.82, 2.24) is 10.2 Å². The lowest BCUT2D eigenvalue weighted by Gasteiger charge is -2.37. The zero-order chi connectivity index (χ0) is 14.6. The number of ether oxygens (including phenoxy) is 1. The Bertz CT molecular complexity index is 409. The van der Waals surface area contributed by atoms with E-state index in [0.29, 0.717) is 12.1 Å². The zero-order valence-electron chi connectivity index (χ0n) is 13.2. The van der Waals surface area contributed by atoms with Gasteiger partial charge >= 0.3 is 0 Å². The van der Waals surface area contributed by atoms with E-state index in [1.165, 1.54) is 5.56 Å². The smallest absolute Gasteiger partial charge is 0.0702 e. The van der Waals surface area contributed by atoms with Gasteiger partial charge in [0, 0.05) is 31.2 Å². The summed E-state index contributed by atoms with van der Waals surface area (Å²) < 4.78 is 5.71. The number of hydrogen-bond donors (Lipinski definition) is 1. The molecule has 2 rings (SSSR count). The van der Waals surface area contributed by atoms with Gasteiger partial charge < -0.3 is 10.1 Å². The second-order valence-corrected chi connectivity index (χ2v) is 6.30. The molecule has 1 aromatic carbocycles. The first-order valence-electron chi connectivity index (χ1n) is 7.59. The molecule has 0 radical (unpaired) electrons. The SMILES string of the molecule is CNCC(C)(CN(C)C1CCOC1C)c1ccccc1. The van der Waals surface area contributed by atoms with Gasteiger partial charge in [-0.05, 0) is 33.0 Å². The molecule has 112 valence electrons. The monoisotopic (exact) mass is 276 g/mol. The van der Waals surface area contributed by atoms with Crippen LogP contribution in [-0.2, 0) is 10.2 Å². The van der Waals surface area contributed by atoms with Gasteiger partial charge in [-0.1, -0.05) is 37.3 Å². The fourth-order valence-electron chi connectivity index (χ4n) is 3.45. The lowest BCUT2D eigenvalue weighted by atomic mass is 9.81. The summed E-state index contributed by atoms with van der Waals surface area (Å²) in [7, 11) is 4.26. The first kappa shape index (κ1) is 15.5. The molecule has 1 aromatic rings. The molecule has 1 N–H and O–H groups in total. The lowest BCUT2D eigenvalue weighted by Crippen LogP contribution is -2.48. The topological polar surface area (TPSA) is 24.5 Å². The molecule has 1 heterocycles. The molecule has 0 aliphatic carbocycles. The average molecular weight is 276 g/mol. The van der Waals surface area contributed by atoms with Gasteiger partial charge in [0.2, 0.25) is 0 Å². The van der Waals surface area contributed by atoms with Crippen LogP contribution in [0, 0.1) is 0 Å². The maximum Gasteiger partial charge on any atom is 0.0702 e. The Morgan fingerprint density at radius 1 is 1.35 bits per heavy atom. The van der Waals surface area contributed by atoms with Gasteiger partial charge in [-0.25, -0.2) is 0 Å². The van der Waals surface area contributed by atoms with Crippen molar-refractivity contribution < 1.29 is 4.74 Å². The first-order chi connectivity index (χ1) is 9.57. The fraction of sp³-hybridized carbons (Fsp3) is 0.647. The summed E-state index contributed by atoms with van der Waals surface area (Å²) in [6, 6.07) is 11.4. The van der Waals surface area contributed by atoms with E-state index >= 15 is 0 Å². The quantitative estimate of drug-likeness (QED) is 0.862. The van der Waals surface area contributed by atoms with Crippen LogP contribution in [0.2, 0.25) is 0 Å². The van der Waals surface area contributed by atoms with Gasteiger partial charge in [0.15, 0.2) is 0 Å². The lowest BCUT2D eigenvalue weighted by molar-refractivity contribution is 0.0760. The summed E-state index contributed by atoms with van der Waals surface area (Å²) in [4.78, 5) is 2.47. The molecule has 3 atom stereocenters. The van der Waals surface area contributed by atoms with Gasteiger partial charge in [-0.2, -0.15) is 0 Å². The number of likely N-dealkylation sites (N-methyl/N-ethyl adjacent to an activating group) is 2. The van der Waals surface area contributed by atoms with Gasteiger partial charge in [-0.15, -0.1) is 0 Å². The zero-order valence-corrected chi connectivity index (χ0v) is 13.2. The van der Waals surface area contributed by atoms with Crippen molar-refractivity contribution in [3.63, 3.8) is 0 Å². The van der Waals surface area contributed by atoms with Gasteiger partial charge in [0.1, 0.15) is 0 Å². The molecule has 3 heteroatoms. The Morgan fingerprint density at radius 3 is 2.60 bits per heavy atom. The summed E-state index contributed by atoms with van der Waals surface area (Å²) in [5.41, 5.74) is 1.51. The van der Waals surface area contributed by atoms with E-state index < -0.39 is 0 Å². The molecule has 1 saturated heterocycles. The van der Waals surface area contributed by atoms with Crippen LogP contribution in [0.1, 0.15) is 25.8 Å². The third-order valence-electron chi connectivity index (χ3n) is 4.54. The van der Waals surface area contributed by atoms with Crippen molar-refractivity contribution in [3.8, 4) is 0 Å². The van der Waals surface area contributed by atoms with Crippen molar-refractivity contribution in [2.75, 3.05) is 33.8 Å². The molecular formula is C17H28N2O. The normalized spacial score (nSPS) is 25.9. The minimum atomic E-state index is 0.118. The van der Waals surface area contributed by atoms with Crippen LogP contribution in [0.25, 0.3) is 0 Å². The fourth-order valence-corrected chi connectivity index (χ4v) is 3.45. The number of rotatable bonds is 6. The maximum atomic E-state index is 5.71. The van der Waals surface area contributed by atoms with Crippen LogP contribution in [0.3, 0.4) is 0 Å². The van der Waals surface area contributed by atoms with E-state index in [2.05, 4.69) is 61.4 Å². The summed E-state index contributed by atoms with van der Waals surface area (Å²) >= 11 is 0. The Balaban J connectivity index is 2.12. The standard InChI is InChI=1S/C17H28N2O/c1-14-16(10-11-20-14)19(4)13-17(2,12-18-3)15-8-6-5-7-9-15/h5-9,14,16,18H,10-13H2,1-4H3. The van der Waals surface area contributed by atoms with Gasteiger partial charge in [0.05, 0.1) is 6.10 Å². The highest BCUT2D eigenvalue weighted by Crippen LogP contribution is 2.27.